The van der Waals surface area contributed by atoms with Crippen LogP contribution in [0.2, 0.25) is 0 Å². The molecule has 1 heterocycles. The van der Waals surface area contributed by atoms with Crippen LogP contribution in [0.1, 0.15) is 17.0 Å². The standard InChI is InChI=1S/C25H24N6O3S/c1-17-7-6-8-19(13-17)26-15-23-28-29-25(30(23)21-9-4-3-5-10-21)35-16-24(32)27-20-12-11-18(2)22(14-20)31(33)34/h3-14,26H,15-16H2,1-2H3,(H,27,32). The molecule has 0 aliphatic heterocycles. The van der Waals surface area contributed by atoms with Crippen molar-refractivity contribution in [2.45, 2.75) is 25.5 Å². The summed E-state index contributed by atoms with van der Waals surface area (Å²) < 4.78 is 1.91. The van der Waals surface area contributed by atoms with Gasteiger partial charge in [-0.3, -0.25) is 19.5 Å². The highest BCUT2D eigenvalue weighted by Gasteiger charge is 2.17. The Bertz CT molecular complexity index is 1360. The lowest BCUT2D eigenvalue weighted by Crippen LogP contribution is -2.15. The van der Waals surface area contributed by atoms with Crippen molar-refractivity contribution in [3.8, 4) is 5.69 Å². The normalized spacial score (nSPS) is 10.7. The molecule has 1 aromatic heterocycles. The molecule has 4 aromatic rings. The second-order valence-corrected chi connectivity index (χ2v) is 8.83. The van der Waals surface area contributed by atoms with Crippen LogP contribution in [0.25, 0.3) is 5.69 Å². The van der Waals surface area contributed by atoms with E-state index in [9.17, 15) is 14.9 Å². The number of rotatable bonds is 9. The van der Waals surface area contributed by atoms with Crippen LogP contribution in [0.4, 0.5) is 17.1 Å². The highest BCUT2D eigenvalue weighted by atomic mass is 32.2. The van der Waals surface area contributed by atoms with E-state index in [2.05, 4.69) is 26.9 Å². The Morgan fingerprint density at radius 1 is 1.00 bits per heavy atom. The Labute approximate surface area is 206 Å². The maximum Gasteiger partial charge on any atom is 0.274 e. The van der Waals surface area contributed by atoms with E-state index >= 15 is 0 Å². The van der Waals surface area contributed by atoms with Crippen LogP contribution in [0.15, 0.2) is 78.0 Å². The second-order valence-electron chi connectivity index (χ2n) is 7.89. The molecule has 0 bridgehead atoms. The predicted octanol–water partition coefficient (Wildman–Crippen LogP) is 5.14. The molecule has 0 unspecified atom stereocenters. The number of para-hydroxylation sites is 1. The number of amides is 1. The lowest BCUT2D eigenvalue weighted by atomic mass is 10.2. The SMILES string of the molecule is Cc1cccc(NCc2nnc(SCC(=O)Nc3ccc(C)c([N+](=O)[O-])c3)n2-c2ccccc2)c1. The summed E-state index contributed by atoms with van der Waals surface area (Å²) >= 11 is 1.24. The molecule has 9 nitrogen and oxygen atoms in total. The van der Waals surface area contributed by atoms with E-state index in [4.69, 9.17) is 0 Å². The van der Waals surface area contributed by atoms with Crippen molar-refractivity contribution in [2.24, 2.45) is 0 Å². The minimum atomic E-state index is -0.464. The smallest absolute Gasteiger partial charge is 0.274 e. The van der Waals surface area contributed by atoms with Crippen molar-refractivity contribution >= 4 is 34.7 Å². The fraction of sp³-hybridized carbons (Fsp3) is 0.160. The van der Waals surface area contributed by atoms with E-state index in [-0.39, 0.29) is 17.3 Å². The van der Waals surface area contributed by atoms with Crippen molar-refractivity contribution in [3.63, 3.8) is 0 Å². The number of nitrogens with one attached hydrogen (secondary N) is 2. The molecule has 0 saturated heterocycles. The molecule has 0 fully saturated rings. The molecule has 0 radical (unpaired) electrons. The number of aromatic nitrogens is 3. The number of benzene rings is 3. The Kier molecular flexibility index (Phi) is 7.41. The van der Waals surface area contributed by atoms with Crippen LogP contribution >= 0.6 is 11.8 Å². The summed E-state index contributed by atoms with van der Waals surface area (Å²) in [6.07, 6.45) is 0. The molecule has 10 heteroatoms. The van der Waals surface area contributed by atoms with Crippen LogP contribution in [0.3, 0.4) is 0 Å². The average Bonchev–Trinajstić information content (AvgIpc) is 3.26. The van der Waals surface area contributed by atoms with Gasteiger partial charge in [-0.1, -0.05) is 48.2 Å². The van der Waals surface area contributed by atoms with Gasteiger partial charge >= 0.3 is 0 Å². The summed E-state index contributed by atoms with van der Waals surface area (Å²) in [6.45, 7) is 4.14. The molecule has 0 saturated carbocycles. The van der Waals surface area contributed by atoms with E-state index in [0.29, 0.717) is 28.8 Å². The number of anilines is 2. The summed E-state index contributed by atoms with van der Waals surface area (Å²) in [5, 5.41) is 26.5. The lowest BCUT2D eigenvalue weighted by molar-refractivity contribution is -0.385. The third-order valence-electron chi connectivity index (χ3n) is 5.21. The number of nitro benzene ring substituents is 1. The van der Waals surface area contributed by atoms with Crippen LogP contribution < -0.4 is 10.6 Å². The highest BCUT2D eigenvalue weighted by Crippen LogP contribution is 2.25. The fourth-order valence-electron chi connectivity index (χ4n) is 3.49. The monoisotopic (exact) mass is 488 g/mol. The highest BCUT2D eigenvalue weighted by molar-refractivity contribution is 7.99. The van der Waals surface area contributed by atoms with E-state index < -0.39 is 4.92 Å². The molecule has 0 atom stereocenters. The third-order valence-corrected chi connectivity index (χ3v) is 6.13. The van der Waals surface area contributed by atoms with E-state index in [0.717, 1.165) is 16.9 Å². The number of thioether (sulfide) groups is 1. The van der Waals surface area contributed by atoms with Gasteiger partial charge in [0.1, 0.15) is 0 Å². The Hall–Kier alpha value is -4.18. The van der Waals surface area contributed by atoms with Gasteiger partial charge in [-0.05, 0) is 49.7 Å². The first-order chi connectivity index (χ1) is 16.9. The van der Waals surface area contributed by atoms with Gasteiger partial charge in [-0.2, -0.15) is 0 Å². The van der Waals surface area contributed by atoms with Crippen LogP contribution in [-0.2, 0) is 11.3 Å². The first kappa shape index (κ1) is 24.0. The Morgan fingerprint density at radius 3 is 2.54 bits per heavy atom. The lowest BCUT2D eigenvalue weighted by Gasteiger charge is -2.12. The number of nitro groups is 1. The van der Waals surface area contributed by atoms with E-state index in [1.807, 2.05) is 60.0 Å². The topological polar surface area (TPSA) is 115 Å². The number of hydrogen-bond donors (Lipinski definition) is 2. The molecule has 1 amide bonds. The first-order valence-corrected chi connectivity index (χ1v) is 11.9. The average molecular weight is 489 g/mol. The summed E-state index contributed by atoms with van der Waals surface area (Å²) in [7, 11) is 0. The van der Waals surface area contributed by atoms with Gasteiger partial charge in [0.05, 0.1) is 17.2 Å². The second kappa shape index (κ2) is 10.8. The minimum absolute atomic E-state index is 0.0370. The van der Waals surface area contributed by atoms with Gasteiger partial charge < -0.3 is 10.6 Å². The number of carbonyl (C=O) groups excluding carboxylic acids is 1. The number of hydrogen-bond acceptors (Lipinski definition) is 7. The molecule has 2 N–H and O–H groups in total. The zero-order valence-electron chi connectivity index (χ0n) is 19.3. The zero-order chi connectivity index (χ0) is 24.8. The Balaban J connectivity index is 1.48. The van der Waals surface area contributed by atoms with Crippen molar-refractivity contribution in [1.29, 1.82) is 0 Å². The molecular formula is C25H24N6O3S. The summed E-state index contributed by atoms with van der Waals surface area (Å²) in [5.41, 5.74) is 3.89. The fourth-order valence-corrected chi connectivity index (χ4v) is 4.26. The molecule has 3 aromatic carbocycles. The molecule has 0 aliphatic carbocycles. The van der Waals surface area contributed by atoms with E-state index in [1.165, 1.54) is 17.8 Å². The maximum absolute atomic E-state index is 12.6. The summed E-state index contributed by atoms with van der Waals surface area (Å²) in [6, 6.07) is 22.4. The maximum atomic E-state index is 12.6. The van der Waals surface area contributed by atoms with Crippen molar-refractivity contribution in [3.05, 3.63) is 99.9 Å². The third kappa shape index (κ3) is 6.04. The van der Waals surface area contributed by atoms with E-state index in [1.54, 1.807) is 19.1 Å². The number of aryl methyl sites for hydroxylation is 2. The molecule has 35 heavy (non-hydrogen) atoms. The molecule has 178 valence electrons. The van der Waals surface area contributed by atoms with Crippen molar-refractivity contribution < 1.29 is 9.72 Å². The van der Waals surface area contributed by atoms with Gasteiger partial charge in [0.2, 0.25) is 5.91 Å². The minimum Gasteiger partial charge on any atom is -0.378 e. The number of nitrogens with zero attached hydrogens (tertiary/aromatic N) is 4. The van der Waals surface area contributed by atoms with Gasteiger partial charge in [0.25, 0.3) is 5.69 Å². The molecule has 0 spiro atoms. The molecule has 4 rings (SSSR count). The largest absolute Gasteiger partial charge is 0.378 e. The Morgan fingerprint density at radius 2 is 1.80 bits per heavy atom. The molecule has 0 aliphatic rings. The van der Waals surface area contributed by atoms with Crippen molar-refractivity contribution in [2.75, 3.05) is 16.4 Å². The van der Waals surface area contributed by atoms with Gasteiger partial charge in [-0.15, -0.1) is 10.2 Å². The predicted molar refractivity (Wildman–Crippen MR) is 137 cm³/mol. The zero-order valence-corrected chi connectivity index (χ0v) is 20.1. The van der Waals surface area contributed by atoms with Crippen molar-refractivity contribution in [1.82, 2.24) is 14.8 Å². The van der Waals surface area contributed by atoms with Crippen LogP contribution in [-0.4, -0.2) is 31.3 Å². The number of carbonyl (C=O) groups is 1. The van der Waals surface area contributed by atoms with Gasteiger partial charge in [-0.25, -0.2) is 0 Å². The summed E-state index contributed by atoms with van der Waals surface area (Å²) in [4.78, 5) is 23.3. The van der Waals surface area contributed by atoms with Gasteiger partial charge in [0, 0.05) is 28.7 Å². The quantitative estimate of drug-likeness (QED) is 0.190. The van der Waals surface area contributed by atoms with Gasteiger partial charge in [0.15, 0.2) is 11.0 Å². The van der Waals surface area contributed by atoms with Crippen LogP contribution in [0.5, 0.6) is 0 Å². The van der Waals surface area contributed by atoms with Crippen LogP contribution in [0, 0.1) is 24.0 Å². The first-order valence-electron chi connectivity index (χ1n) is 10.9. The summed E-state index contributed by atoms with van der Waals surface area (Å²) in [5.74, 6) is 0.475. The molecular weight excluding hydrogens is 464 g/mol.